The molecule has 1 aromatic heterocycles. The van der Waals surface area contributed by atoms with Gasteiger partial charge >= 0.3 is 5.97 Å². The van der Waals surface area contributed by atoms with E-state index >= 15 is 0 Å². The van der Waals surface area contributed by atoms with E-state index in [1.165, 1.54) is 12.5 Å². The number of rotatable bonds is 15. The van der Waals surface area contributed by atoms with Gasteiger partial charge in [0.2, 0.25) is 23.6 Å². The number of carbonyl (C=O) groups is 5. The number of imidazole rings is 1. The van der Waals surface area contributed by atoms with E-state index in [9.17, 15) is 29.1 Å². The van der Waals surface area contributed by atoms with Gasteiger partial charge in [-0.3, -0.25) is 19.2 Å². The van der Waals surface area contributed by atoms with Crippen LogP contribution < -0.4 is 27.4 Å². The normalized spacial score (nSPS) is 13.7. The Bertz CT molecular complexity index is 1320. The number of carboxylic acid groups (broad SMARTS) is 1. The molecule has 0 spiro atoms. The Labute approximate surface area is 236 Å². The van der Waals surface area contributed by atoms with Gasteiger partial charge in [-0.25, -0.2) is 9.78 Å². The van der Waals surface area contributed by atoms with Crippen molar-refractivity contribution in [3.63, 3.8) is 0 Å². The Morgan fingerprint density at radius 3 is 1.78 bits per heavy atom. The van der Waals surface area contributed by atoms with Crippen LogP contribution >= 0.6 is 0 Å². The number of nitrogens with zero attached hydrogens (tertiary/aromatic N) is 1. The Balaban J connectivity index is 1.75. The summed E-state index contributed by atoms with van der Waals surface area (Å²) < 4.78 is 0. The van der Waals surface area contributed by atoms with Crippen LogP contribution in [0.15, 0.2) is 73.2 Å². The van der Waals surface area contributed by atoms with Gasteiger partial charge in [-0.2, -0.15) is 0 Å². The first-order valence-corrected chi connectivity index (χ1v) is 12.8. The summed E-state index contributed by atoms with van der Waals surface area (Å²) in [7, 11) is 0. The maximum absolute atomic E-state index is 13.4. The van der Waals surface area contributed by atoms with E-state index in [-0.39, 0.29) is 19.3 Å². The summed E-state index contributed by atoms with van der Waals surface area (Å²) in [6.07, 6.45) is 2.53. The molecule has 4 amide bonds. The standard InChI is InChI=1S/C28H33N7O6/c29-20(13-19-15-31-16-32-19)25(37)33-21(11-17-7-3-1-4-8-17)26(38)34-22(14-24(30)36)27(39)35-23(28(40)41)12-18-9-5-2-6-10-18/h1-10,15-16,20-23H,11-14,29H2,(H2,30,36)(H,31,32)(H,33,37)(H,34,38)(H,35,39)(H,40,41). The van der Waals surface area contributed by atoms with Gasteiger partial charge in [0.15, 0.2) is 0 Å². The predicted molar refractivity (Wildman–Crippen MR) is 148 cm³/mol. The maximum Gasteiger partial charge on any atom is 0.326 e. The van der Waals surface area contributed by atoms with E-state index in [2.05, 4.69) is 25.9 Å². The minimum Gasteiger partial charge on any atom is -0.480 e. The fourth-order valence-corrected chi connectivity index (χ4v) is 4.07. The zero-order chi connectivity index (χ0) is 29.8. The van der Waals surface area contributed by atoms with Crippen LogP contribution in [0.25, 0.3) is 0 Å². The van der Waals surface area contributed by atoms with Crippen molar-refractivity contribution < 1.29 is 29.1 Å². The first-order valence-electron chi connectivity index (χ1n) is 12.8. The molecule has 216 valence electrons. The maximum atomic E-state index is 13.4. The van der Waals surface area contributed by atoms with Gasteiger partial charge in [-0.15, -0.1) is 0 Å². The molecule has 0 saturated carbocycles. The lowest BCUT2D eigenvalue weighted by atomic mass is 10.0. The van der Waals surface area contributed by atoms with Crippen LogP contribution in [-0.2, 0) is 43.2 Å². The van der Waals surface area contributed by atoms with Crippen LogP contribution in [-0.4, -0.2) is 68.8 Å². The van der Waals surface area contributed by atoms with Crippen LogP contribution in [0.4, 0.5) is 0 Å². The second kappa shape index (κ2) is 14.9. The van der Waals surface area contributed by atoms with E-state index in [1.54, 1.807) is 60.7 Å². The molecule has 0 bridgehead atoms. The zero-order valence-corrected chi connectivity index (χ0v) is 22.2. The highest BCUT2D eigenvalue weighted by Crippen LogP contribution is 2.08. The predicted octanol–water partition coefficient (Wildman–Crippen LogP) is -0.821. The van der Waals surface area contributed by atoms with Crippen LogP contribution in [0.3, 0.4) is 0 Å². The molecule has 0 saturated heterocycles. The fraction of sp³-hybridized carbons (Fsp3) is 0.286. The molecule has 13 nitrogen and oxygen atoms in total. The van der Waals surface area contributed by atoms with E-state index < -0.39 is 60.2 Å². The van der Waals surface area contributed by atoms with Gasteiger partial charge in [0.1, 0.15) is 18.1 Å². The highest BCUT2D eigenvalue weighted by Gasteiger charge is 2.31. The topological polar surface area (TPSA) is 222 Å². The third-order valence-electron chi connectivity index (χ3n) is 6.18. The highest BCUT2D eigenvalue weighted by molar-refractivity contribution is 5.96. The smallest absolute Gasteiger partial charge is 0.326 e. The molecule has 0 aliphatic carbocycles. The zero-order valence-electron chi connectivity index (χ0n) is 22.2. The minimum absolute atomic E-state index is 0.0277. The molecule has 13 heteroatoms. The number of aliphatic carboxylic acids is 1. The van der Waals surface area contributed by atoms with Crippen molar-refractivity contribution in [1.29, 1.82) is 0 Å². The van der Waals surface area contributed by atoms with E-state index in [1.807, 2.05) is 0 Å². The number of hydrogen-bond donors (Lipinski definition) is 7. The summed E-state index contributed by atoms with van der Waals surface area (Å²) in [4.78, 5) is 69.8. The van der Waals surface area contributed by atoms with Crippen molar-refractivity contribution in [3.8, 4) is 0 Å². The molecule has 0 aliphatic rings. The largest absolute Gasteiger partial charge is 0.480 e. The lowest BCUT2D eigenvalue weighted by Gasteiger charge is -2.25. The van der Waals surface area contributed by atoms with Crippen LogP contribution in [0, 0.1) is 0 Å². The first-order chi connectivity index (χ1) is 19.6. The number of carboxylic acids is 1. The molecule has 9 N–H and O–H groups in total. The molecule has 0 radical (unpaired) electrons. The van der Waals surface area contributed by atoms with Gasteiger partial charge in [-0.05, 0) is 11.1 Å². The number of amides is 4. The van der Waals surface area contributed by atoms with Crippen molar-refractivity contribution in [1.82, 2.24) is 25.9 Å². The van der Waals surface area contributed by atoms with Crippen LogP contribution in [0.5, 0.6) is 0 Å². The quantitative estimate of drug-likeness (QED) is 0.123. The first kappa shape index (κ1) is 30.5. The summed E-state index contributed by atoms with van der Waals surface area (Å²) in [5, 5.41) is 17.1. The number of benzene rings is 2. The number of aromatic amines is 1. The van der Waals surface area contributed by atoms with E-state index in [0.717, 1.165) is 0 Å². The van der Waals surface area contributed by atoms with Crippen molar-refractivity contribution >= 4 is 29.6 Å². The molecule has 0 fully saturated rings. The average molecular weight is 564 g/mol. The lowest BCUT2D eigenvalue weighted by molar-refractivity contribution is -0.142. The van der Waals surface area contributed by atoms with Crippen LogP contribution in [0.2, 0.25) is 0 Å². The summed E-state index contributed by atoms with van der Waals surface area (Å²) in [5.74, 6) is -4.52. The Kier molecular flexibility index (Phi) is 11.1. The van der Waals surface area contributed by atoms with Gasteiger partial charge in [0.25, 0.3) is 0 Å². The van der Waals surface area contributed by atoms with Gasteiger partial charge < -0.3 is 37.5 Å². The van der Waals surface area contributed by atoms with Gasteiger partial charge in [0, 0.05) is 31.2 Å². The second-order valence-corrected chi connectivity index (χ2v) is 9.46. The third kappa shape index (κ3) is 9.89. The highest BCUT2D eigenvalue weighted by atomic mass is 16.4. The molecule has 4 unspecified atom stereocenters. The summed E-state index contributed by atoms with van der Waals surface area (Å²) in [5.41, 5.74) is 13.4. The fourth-order valence-electron chi connectivity index (χ4n) is 4.07. The summed E-state index contributed by atoms with van der Waals surface area (Å²) >= 11 is 0. The molecule has 4 atom stereocenters. The van der Waals surface area contributed by atoms with Crippen LogP contribution in [0.1, 0.15) is 23.2 Å². The lowest BCUT2D eigenvalue weighted by Crippen LogP contribution is -2.58. The molecular formula is C28H33N7O6. The number of primary amides is 1. The number of carbonyl (C=O) groups excluding carboxylic acids is 4. The Hall–Kier alpha value is -5.04. The molecule has 2 aromatic carbocycles. The molecule has 1 heterocycles. The van der Waals surface area contributed by atoms with E-state index in [4.69, 9.17) is 11.5 Å². The van der Waals surface area contributed by atoms with Gasteiger partial charge in [0.05, 0.1) is 18.8 Å². The van der Waals surface area contributed by atoms with Crippen molar-refractivity contribution in [3.05, 3.63) is 90.0 Å². The monoisotopic (exact) mass is 563 g/mol. The third-order valence-corrected chi connectivity index (χ3v) is 6.18. The Morgan fingerprint density at radius 1 is 0.756 bits per heavy atom. The van der Waals surface area contributed by atoms with Gasteiger partial charge in [-0.1, -0.05) is 60.7 Å². The Morgan fingerprint density at radius 2 is 1.27 bits per heavy atom. The number of aromatic nitrogens is 2. The number of hydrogen-bond acceptors (Lipinski definition) is 7. The number of nitrogens with two attached hydrogens (primary N) is 2. The molecule has 0 aliphatic heterocycles. The number of nitrogens with one attached hydrogen (secondary N) is 4. The molecule has 41 heavy (non-hydrogen) atoms. The summed E-state index contributed by atoms with van der Waals surface area (Å²) in [6, 6.07) is 12.4. The molecule has 3 aromatic rings. The number of H-pyrrole nitrogens is 1. The molecular weight excluding hydrogens is 530 g/mol. The van der Waals surface area contributed by atoms with Crippen molar-refractivity contribution in [2.24, 2.45) is 11.5 Å². The van der Waals surface area contributed by atoms with E-state index in [0.29, 0.717) is 16.8 Å². The SMILES string of the molecule is NC(=O)CC(NC(=O)C(Cc1ccccc1)NC(=O)C(N)Cc1cnc[nH]1)C(=O)NC(Cc1ccccc1)C(=O)O. The second-order valence-electron chi connectivity index (χ2n) is 9.46. The van der Waals surface area contributed by atoms with Crippen molar-refractivity contribution in [2.45, 2.75) is 49.9 Å². The molecule has 3 rings (SSSR count). The summed E-state index contributed by atoms with van der Waals surface area (Å²) in [6.45, 7) is 0. The average Bonchev–Trinajstić information content (AvgIpc) is 3.45. The minimum atomic E-state index is -1.49. The van der Waals surface area contributed by atoms with Crippen molar-refractivity contribution in [2.75, 3.05) is 0 Å².